The molecule has 2 aromatic rings. The molecule has 0 saturated carbocycles. The second-order valence-electron chi connectivity index (χ2n) is 7.16. The molecule has 1 amide bonds. The molecule has 120 valence electrons. The molecule has 1 unspecified atom stereocenters. The van der Waals surface area contributed by atoms with E-state index < -0.39 is 0 Å². The van der Waals surface area contributed by atoms with Gasteiger partial charge in [0.25, 0.3) is 5.91 Å². The molecule has 3 rings (SSSR count). The van der Waals surface area contributed by atoms with E-state index in [2.05, 4.69) is 44.1 Å². The monoisotopic (exact) mass is 309 g/mol. The van der Waals surface area contributed by atoms with Gasteiger partial charge in [-0.1, -0.05) is 18.2 Å². The summed E-state index contributed by atoms with van der Waals surface area (Å²) < 4.78 is 0. The van der Waals surface area contributed by atoms with Crippen LogP contribution < -0.4 is 10.2 Å². The number of nitrogens with zero attached hydrogens (tertiary/aromatic N) is 2. The fourth-order valence-corrected chi connectivity index (χ4v) is 3.06. The molecule has 1 aromatic carbocycles. The SMILES string of the molecule is CC1Cc2ccccc2N1C(=O)c1cc(NC(C)(C)C)ccn1. The molecule has 0 aliphatic carbocycles. The van der Waals surface area contributed by atoms with Gasteiger partial charge in [0.05, 0.1) is 0 Å². The van der Waals surface area contributed by atoms with E-state index in [4.69, 9.17) is 0 Å². The summed E-state index contributed by atoms with van der Waals surface area (Å²) in [6.45, 7) is 8.35. The molecule has 4 nitrogen and oxygen atoms in total. The Morgan fingerprint density at radius 1 is 1.26 bits per heavy atom. The summed E-state index contributed by atoms with van der Waals surface area (Å²) in [6, 6.07) is 12.0. The van der Waals surface area contributed by atoms with Crippen LogP contribution in [0.2, 0.25) is 0 Å². The quantitative estimate of drug-likeness (QED) is 0.915. The van der Waals surface area contributed by atoms with Gasteiger partial charge in [-0.25, -0.2) is 0 Å². The smallest absolute Gasteiger partial charge is 0.277 e. The number of pyridine rings is 1. The van der Waals surface area contributed by atoms with E-state index in [1.807, 2.05) is 35.2 Å². The predicted molar refractivity (Wildman–Crippen MR) is 94.0 cm³/mol. The number of hydrogen-bond acceptors (Lipinski definition) is 3. The molecule has 1 aliphatic heterocycles. The number of fused-ring (bicyclic) bond motifs is 1. The van der Waals surface area contributed by atoms with Gasteiger partial charge in [0.15, 0.2) is 0 Å². The van der Waals surface area contributed by atoms with E-state index in [1.54, 1.807) is 6.20 Å². The Balaban J connectivity index is 1.91. The number of rotatable bonds is 2. The molecule has 1 atom stereocenters. The second-order valence-corrected chi connectivity index (χ2v) is 7.16. The lowest BCUT2D eigenvalue weighted by molar-refractivity contribution is 0.0976. The van der Waals surface area contributed by atoms with E-state index in [1.165, 1.54) is 5.56 Å². The Kier molecular flexibility index (Phi) is 3.84. The highest BCUT2D eigenvalue weighted by atomic mass is 16.2. The van der Waals surface area contributed by atoms with Gasteiger partial charge >= 0.3 is 0 Å². The third-order valence-electron chi connectivity index (χ3n) is 3.92. The molecule has 0 fully saturated rings. The van der Waals surface area contributed by atoms with Crippen molar-refractivity contribution in [1.29, 1.82) is 0 Å². The van der Waals surface area contributed by atoms with Crippen LogP contribution in [-0.2, 0) is 6.42 Å². The summed E-state index contributed by atoms with van der Waals surface area (Å²) in [4.78, 5) is 19.1. The summed E-state index contributed by atoms with van der Waals surface area (Å²) in [5.74, 6) is -0.0417. The Labute approximate surface area is 137 Å². The van der Waals surface area contributed by atoms with E-state index >= 15 is 0 Å². The zero-order chi connectivity index (χ0) is 16.6. The number of para-hydroxylation sites is 1. The van der Waals surface area contributed by atoms with Crippen molar-refractivity contribution in [2.24, 2.45) is 0 Å². The molecule has 23 heavy (non-hydrogen) atoms. The topological polar surface area (TPSA) is 45.2 Å². The van der Waals surface area contributed by atoms with Crippen LogP contribution in [0, 0.1) is 0 Å². The van der Waals surface area contributed by atoms with E-state index in [0.717, 1.165) is 17.8 Å². The van der Waals surface area contributed by atoms with Gasteiger partial charge < -0.3 is 10.2 Å². The number of benzene rings is 1. The summed E-state index contributed by atoms with van der Waals surface area (Å²) >= 11 is 0. The van der Waals surface area contributed by atoms with Crippen LogP contribution in [-0.4, -0.2) is 22.5 Å². The zero-order valence-electron chi connectivity index (χ0n) is 14.1. The van der Waals surface area contributed by atoms with Crippen molar-refractivity contribution in [3.63, 3.8) is 0 Å². The third-order valence-corrected chi connectivity index (χ3v) is 3.92. The van der Waals surface area contributed by atoms with Gasteiger partial charge in [-0.05, 0) is 57.9 Å². The molecule has 1 aromatic heterocycles. The standard InChI is InChI=1S/C19H23N3O/c1-13-11-14-7-5-6-8-17(14)22(13)18(23)16-12-15(9-10-20-16)21-19(2,3)4/h5-10,12-13H,11H2,1-4H3,(H,20,21). The molecular weight excluding hydrogens is 286 g/mol. The maximum atomic E-state index is 13.0. The molecule has 4 heteroatoms. The average molecular weight is 309 g/mol. The lowest BCUT2D eigenvalue weighted by Crippen LogP contribution is -2.36. The molecule has 0 bridgehead atoms. The first kappa shape index (κ1) is 15.5. The van der Waals surface area contributed by atoms with Gasteiger partial charge in [-0.15, -0.1) is 0 Å². The number of carbonyl (C=O) groups is 1. The highest BCUT2D eigenvalue weighted by Crippen LogP contribution is 2.33. The highest BCUT2D eigenvalue weighted by molar-refractivity contribution is 6.06. The van der Waals surface area contributed by atoms with Crippen LogP contribution in [0.15, 0.2) is 42.6 Å². The van der Waals surface area contributed by atoms with E-state index in [0.29, 0.717) is 5.69 Å². The maximum Gasteiger partial charge on any atom is 0.277 e. The predicted octanol–water partition coefficient (Wildman–Crippen LogP) is 3.88. The second kappa shape index (κ2) is 5.69. The Morgan fingerprint density at radius 2 is 2.00 bits per heavy atom. The molecule has 1 N–H and O–H groups in total. The summed E-state index contributed by atoms with van der Waals surface area (Å²) in [7, 11) is 0. The van der Waals surface area contributed by atoms with Crippen LogP contribution in [0.4, 0.5) is 11.4 Å². The molecule has 0 spiro atoms. The number of nitrogens with one attached hydrogen (secondary N) is 1. The lowest BCUT2D eigenvalue weighted by atomic mass is 10.1. The number of aromatic nitrogens is 1. The highest BCUT2D eigenvalue weighted by Gasteiger charge is 2.31. The minimum atomic E-state index is -0.0603. The largest absolute Gasteiger partial charge is 0.380 e. The van der Waals surface area contributed by atoms with Crippen molar-refractivity contribution in [1.82, 2.24) is 4.98 Å². The van der Waals surface area contributed by atoms with Crippen molar-refractivity contribution in [2.75, 3.05) is 10.2 Å². The number of carbonyl (C=O) groups excluding carboxylic acids is 1. The van der Waals surface area contributed by atoms with Gasteiger partial charge in [0, 0.05) is 29.2 Å². The van der Waals surface area contributed by atoms with Crippen molar-refractivity contribution < 1.29 is 4.79 Å². The lowest BCUT2D eigenvalue weighted by Gasteiger charge is -2.24. The van der Waals surface area contributed by atoms with Crippen molar-refractivity contribution in [2.45, 2.75) is 45.7 Å². The first-order valence-corrected chi connectivity index (χ1v) is 8.01. The van der Waals surface area contributed by atoms with Gasteiger partial charge in [-0.2, -0.15) is 0 Å². The molecule has 2 heterocycles. The molecule has 0 saturated heterocycles. The molecule has 1 aliphatic rings. The zero-order valence-corrected chi connectivity index (χ0v) is 14.1. The maximum absolute atomic E-state index is 13.0. The van der Waals surface area contributed by atoms with E-state index in [-0.39, 0.29) is 17.5 Å². The van der Waals surface area contributed by atoms with Crippen molar-refractivity contribution in [3.8, 4) is 0 Å². The van der Waals surface area contributed by atoms with Gasteiger partial charge in [0.1, 0.15) is 5.69 Å². The fraction of sp³-hybridized carbons (Fsp3) is 0.368. The number of amides is 1. The normalized spacial score (nSPS) is 17.0. The van der Waals surface area contributed by atoms with Crippen LogP contribution >= 0.6 is 0 Å². The van der Waals surface area contributed by atoms with Gasteiger partial charge in [0.2, 0.25) is 0 Å². The Morgan fingerprint density at radius 3 is 2.74 bits per heavy atom. The Hall–Kier alpha value is -2.36. The number of hydrogen-bond donors (Lipinski definition) is 1. The minimum Gasteiger partial charge on any atom is -0.380 e. The average Bonchev–Trinajstić information content (AvgIpc) is 2.81. The summed E-state index contributed by atoms with van der Waals surface area (Å²) in [6.07, 6.45) is 2.58. The van der Waals surface area contributed by atoms with Crippen LogP contribution in [0.3, 0.4) is 0 Å². The Bertz CT molecular complexity index is 733. The molecular formula is C19H23N3O. The minimum absolute atomic E-state index is 0.0417. The van der Waals surface area contributed by atoms with Crippen molar-refractivity contribution >= 4 is 17.3 Å². The first-order chi connectivity index (χ1) is 10.8. The summed E-state index contributed by atoms with van der Waals surface area (Å²) in [5, 5.41) is 3.39. The van der Waals surface area contributed by atoms with Crippen LogP contribution in [0.5, 0.6) is 0 Å². The molecule has 0 radical (unpaired) electrons. The first-order valence-electron chi connectivity index (χ1n) is 8.01. The fourth-order valence-electron chi connectivity index (χ4n) is 3.06. The van der Waals surface area contributed by atoms with E-state index in [9.17, 15) is 4.79 Å². The van der Waals surface area contributed by atoms with Crippen LogP contribution in [0.25, 0.3) is 0 Å². The third kappa shape index (κ3) is 3.21. The summed E-state index contributed by atoms with van der Waals surface area (Å²) in [5.41, 5.74) is 3.55. The number of anilines is 2. The van der Waals surface area contributed by atoms with Crippen molar-refractivity contribution in [3.05, 3.63) is 53.9 Å². The van der Waals surface area contributed by atoms with Crippen LogP contribution in [0.1, 0.15) is 43.7 Å². The van der Waals surface area contributed by atoms with Gasteiger partial charge in [-0.3, -0.25) is 9.78 Å².